The summed E-state index contributed by atoms with van der Waals surface area (Å²) >= 11 is 5.08. The molecule has 1 heterocycles. The number of ether oxygens (including phenoxy) is 1. The van der Waals surface area contributed by atoms with Gasteiger partial charge >= 0.3 is 6.09 Å². The minimum atomic E-state index is -0.431. The van der Waals surface area contributed by atoms with Crippen LogP contribution < -0.4 is 5.32 Å². The maximum absolute atomic E-state index is 11.6. The van der Waals surface area contributed by atoms with Crippen molar-refractivity contribution in [1.82, 2.24) is 10.3 Å². The lowest BCUT2D eigenvalue weighted by Gasteiger charge is -2.27. The van der Waals surface area contributed by atoms with E-state index >= 15 is 0 Å². The molecular formula is C17H16N2O2S. The molecule has 2 aromatic rings. The Morgan fingerprint density at radius 1 is 1.27 bits per heavy atom. The summed E-state index contributed by atoms with van der Waals surface area (Å²) in [4.78, 5) is 16.9. The first-order valence-corrected chi connectivity index (χ1v) is 7.59. The van der Waals surface area contributed by atoms with E-state index in [1.807, 2.05) is 42.5 Å². The van der Waals surface area contributed by atoms with Crippen molar-refractivity contribution in [3.63, 3.8) is 0 Å². The molecule has 0 spiro atoms. The van der Waals surface area contributed by atoms with Crippen molar-refractivity contribution in [3.8, 4) is 11.3 Å². The van der Waals surface area contributed by atoms with Crippen LogP contribution in [-0.4, -0.2) is 22.0 Å². The standard InChI is InChI=1S/C17H16N2O2S/c20-17(19-15-8-9-16(15)22)21-11-12-6-7-14(18-10-12)13-4-2-1-3-5-13/h1-7,10,15H,8-9,11H2,(H,19,20)/t15-/m0/s1. The van der Waals surface area contributed by atoms with Gasteiger partial charge in [0, 0.05) is 22.2 Å². The Kier molecular flexibility index (Phi) is 4.44. The second-order valence-corrected chi connectivity index (χ2v) is 5.72. The fourth-order valence-corrected chi connectivity index (χ4v) is 2.48. The topological polar surface area (TPSA) is 51.2 Å². The predicted molar refractivity (Wildman–Crippen MR) is 88.6 cm³/mol. The highest BCUT2D eigenvalue weighted by molar-refractivity contribution is 7.80. The van der Waals surface area contributed by atoms with Gasteiger partial charge in [-0.15, -0.1) is 0 Å². The monoisotopic (exact) mass is 312 g/mol. The van der Waals surface area contributed by atoms with Crippen LogP contribution in [0.15, 0.2) is 48.7 Å². The molecule has 22 heavy (non-hydrogen) atoms. The Hall–Kier alpha value is -2.27. The molecule has 5 heteroatoms. The van der Waals surface area contributed by atoms with E-state index in [4.69, 9.17) is 17.0 Å². The molecule has 1 atom stereocenters. The molecule has 0 bridgehead atoms. The molecule has 1 fully saturated rings. The van der Waals surface area contributed by atoms with Gasteiger partial charge in [0.25, 0.3) is 0 Å². The van der Waals surface area contributed by atoms with E-state index in [-0.39, 0.29) is 12.6 Å². The minimum absolute atomic E-state index is 0.00100. The molecule has 1 aromatic carbocycles. The average molecular weight is 312 g/mol. The zero-order valence-electron chi connectivity index (χ0n) is 12.0. The fraction of sp³-hybridized carbons (Fsp3) is 0.235. The van der Waals surface area contributed by atoms with Gasteiger partial charge in [-0.1, -0.05) is 48.6 Å². The number of nitrogens with one attached hydrogen (secondary N) is 1. The number of benzene rings is 1. The number of nitrogens with zero attached hydrogens (tertiary/aromatic N) is 1. The summed E-state index contributed by atoms with van der Waals surface area (Å²) in [5, 5.41) is 2.75. The fourth-order valence-electron chi connectivity index (χ4n) is 2.18. The summed E-state index contributed by atoms with van der Waals surface area (Å²) in [7, 11) is 0. The first-order chi connectivity index (χ1) is 10.7. The zero-order valence-corrected chi connectivity index (χ0v) is 12.8. The number of hydrogen-bond donors (Lipinski definition) is 1. The quantitative estimate of drug-likeness (QED) is 0.878. The lowest BCUT2D eigenvalue weighted by Crippen LogP contribution is -2.46. The van der Waals surface area contributed by atoms with Gasteiger partial charge in [-0.05, 0) is 18.9 Å². The van der Waals surface area contributed by atoms with E-state index in [0.29, 0.717) is 0 Å². The van der Waals surface area contributed by atoms with Gasteiger partial charge in [0.05, 0.1) is 11.7 Å². The Morgan fingerprint density at radius 3 is 2.68 bits per heavy atom. The van der Waals surface area contributed by atoms with Crippen LogP contribution in [0.5, 0.6) is 0 Å². The van der Waals surface area contributed by atoms with Crippen molar-refractivity contribution in [3.05, 3.63) is 54.2 Å². The van der Waals surface area contributed by atoms with E-state index in [9.17, 15) is 4.79 Å². The van der Waals surface area contributed by atoms with E-state index in [2.05, 4.69) is 10.3 Å². The van der Waals surface area contributed by atoms with E-state index in [0.717, 1.165) is 34.5 Å². The molecule has 1 aromatic heterocycles. The van der Waals surface area contributed by atoms with Gasteiger partial charge in [0.15, 0.2) is 0 Å². The molecule has 1 aliphatic carbocycles. The maximum Gasteiger partial charge on any atom is 0.407 e. The third-order valence-corrected chi connectivity index (χ3v) is 4.11. The van der Waals surface area contributed by atoms with E-state index in [1.165, 1.54) is 0 Å². The zero-order chi connectivity index (χ0) is 15.4. The van der Waals surface area contributed by atoms with Gasteiger partial charge in [0.1, 0.15) is 6.61 Å². The second kappa shape index (κ2) is 6.66. The predicted octanol–water partition coefficient (Wildman–Crippen LogP) is 3.51. The largest absolute Gasteiger partial charge is 0.445 e. The number of alkyl carbamates (subject to hydrolysis) is 1. The second-order valence-electron chi connectivity index (χ2n) is 5.20. The van der Waals surface area contributed by atoms with Crippen LogP contribution in [0.3, 0.4) is 0 Å². The van der Waals surface area contributed by atoms with Crippen molar-refractivity contribution in [2.24, 2.45) is 0 Å². The molecular weight excluding hydrogens is 296 g/mol. The highest BCUT2D eigenvalue weighted by Crippen LogP contribution is 2.17. The Bertz CT molecular complexity index is 671. The molecule has 0 saturated heterocycles. The molecule has 4 nitrogen and oxygen atoms in total. The van der Waals surface area contributed by atoms with Gasteiger partial charge in [0.2, 0.25) is 0 Å². The third-order valence-electron chi connectivity index (χ3n) is 3.62. The molecule has 112 valence electrons. The van der Waals surface area contributed by atoms with Crippen LogP contribution in [0.1, 0.15) is 18.4 Å². The molecule has 1 aliphatic rings. The molecule has 1 N–H and O–H groups in total. The third kappa shape index (κ3) is 3.49. The summed E-state index contributed by atoms with van der Waals surface area (Å²) in [6.45, 7) is 0.202. The maximum atomic E-state index is 11.6. The number of rotatable bonds is 4. The molecule has 1 saturated carbocycles. The van der Waals surface area contributed by atoms with Gasteiger partial charge in [-0.25, -0.2) is 4.79 Å². The molecule has 3 rings (SSSR count). The number of pyridine rings is 1. The highest BCUT2D eigenvalue weighted by Gasteiger charge is 2.25. The van der Waals surface area contributed by atoms with Crippen LogP contribution in [0.25, 0.3) is 11.3 Å². The van der Waals surface area contributed by atoms with Crippen molar-refractivity contribution >= 4 is 23.2 Å². The lowest BCUT2D eigenvalue weighted by molar-refractivity contribution is 0.137. The number of carbonyl (C=O) groups is 1. The summed E-state index contributed by atoms with van der Waals surface area (Å²) in [6, 6.07) is 13.8. The normalized spacial score (nSPS) is 16.7. The Labute approximate surface area is 134 Å². The molecule has 1 amide bonds. The van der Waals surface area contributed by atoms with Crippen LogP contribution in [0.2, 0.25) is 0 Å². The summed E-state index contributed by atoms with van der Waals surface area (Å²) in [5.41, 5.74) is 2.81. The van der Waals surface area contributed by atoms with Crippen molar-refractivity contribution < 1.29 is 9.53 Å². The Balaban J connectivity index is 1.53. The lowest BCUT2D eigenvalue weighted by atomic mass is 9.93. The smallest absolute Gasteiger partial charge is 0.407 e. The van der Waals surface area contributed by atoms with Gasteiger partial charge in [-0.2, -0.15) is 0 Å². The molecule has 0 radical (unpaired) electrons. The highest BCUT2D eigenvalue weighted by atomic mass is 32.1. The average Bonchev–Trinajstić information content (AvgIpc) is 2.58. The van der Waals surface area contributed by atoms with Crippen LogP contribution >= 0.6 is 12.2 Å². The first kappa shape index (κ1) is 14.7. The van der Waals surface area contributed by atoms with Crippen molar-refractivity contribution in [2.75, 3.05) is 0 Å². The molecule has 0 aliphatic heterocycles. The number of aromatic nitrogens is 1. The van der Waals surface area contributed by atoms with Crippen molar-refractivity contribution in [1.29, 1.82) is 0 Å². The van der Waals surface area contributed by atoms with Gasteiger partial charge < -0.3 is 10.1 Å². The van der Waals surface area contributed by atoms with E-state index < -0.39 is 6.09 Å². The first-order valence-electron chi connectivity index (χ1n) is 7.19. The summed E-state index contributed by atoms with van der Waals surface area (Å²) in [6.07, 6.45) is 3.11. The van der Waals surface area contributed by atoms with Crippen LogP contribution in [0, 0.1) is 0 Å². The number of amides is 1. The summed E-state index contributed by atoms with van der Waals surface area (Å²) < 4.78 is 5.18. The van der Waals surface area contributed by atoms with Crippen molar-refractivity contribution in [2.45, 2.75) is 25.5 Å². The van der Waals surface area contributed by atoms with E-state index in [1.54, 1.807) is 6.20 Å². The van der Waals surface area contributed by atoms with Crippen LogP contribution in [-0.2, 0) is 11.3 Å². The number of thiocarbonyl (C=S) groups is 1. The Morgan fingerprint density at radius 2 is 2.09 bits per heavy atom. The molecule has 0 unspecified atom stereocenters. The number of hydrogen-bond acceptors (Lipinski definition) is 4. The van der Waals surface area contributed by atoms with Crippen LogP contribution in [0.4, 0.5) is 4.79 Å². The van der Waals surface area contributed by atoms with Gasteiger partial charge in [-0.3, -0.25) is 4.98 Å². The SMILES string of the molecule is O=C(N[C@H]1CCC1=S)OCc1ccc(-c2ccccc2)nc1. The minimum Gasteiger partial charge on any atom is -0.445 e. The summed E-state index contributed by atoms with van der Waals surface area (Å²) in [5.74, 6) is 0. The number of carbonyl (C=O) groups excluding carboxylic acids is 1.